The van der Waals surface area contributed by atoms with Gasteiger partial charge in [-0.25, -0.2) is 0 Å². The SMILES string of the molecule is COCCN1CC[C@H](CNC(=O)C23C[C@H]4C[C@@H](C2)CC(c2ccccc2)(C4)C3)C1. The van der Waals surface area contributed by atoms with Crippen LogP contribution in [-0.2, 0) is 14.9 Å². The van der Waals surface area contributed by atoms with Crippen LogP contribution in [0.3, 0.4) is 0 Å². The van der Waals surface area contributed by atoms with Crippen molar-refractivity contribution >= 4 is 5.91 Å². The number of methoxy groups -OCH3 is 1. The van der Waals surface area contributed by atoms with E-state index in [0.29, 0.717) is 11.8 Å². The molecule has 1 saturated heterocycles. The molecule has 1 N–H and O–H groups in total. The molecule has 4 heteroatoms. The van der Waals surface area contributed by atoms with Gasteiger partial charge >= 0.3 is 0 Å². The lowest BCUT2D eigenvalue weighted by Crippen LogP contribution is -2.59. The maximum Gasteiger partial charge on any atom is 0.226 e. The Balaban J connectivity index is 1.25. The van der Waals surface area contributed by atoms with E-state index in [2.05, 4.69) is 40.5 Å². The number of likely N-dealkylation sites (tertiary alicyclic amines) is 1. The zero-order valence-electron chi connectivity index (χ0n) is 17.9. The molecule has 0 spiro atoms. The Morgan fingerprint density at radius 1 is 1.17 bits per heavy atom. The first kappa shape index (κ1) is 19.6. The molecule has 5 atom stereocenters. The van der Waals surface area contributed by atoms with Gasteiger partial charge < -0.3 is 15.0 Å². The molecule has 1 heterocycles. The van der Waals surface area contributed by atoms with E-state index in [1.54, 1.807) is 7.11 Å². The molecule has 2 unspecified atom stereocenters. The summed E-state index contributed by atoms with van der Waals surface area (Å²) < 4.78 is 5.21. The first-order valence-electron chi connectivity index (χ1n) is 11.7. The average molecular weight is 397 g/mol. The van der Waals surface area contributed by atoms with Gasteiger partial charge in [0.25, 0.3) is 0 Å². The van der Waals surface area contributed by atoms with Crippen LogP contribution in [0.4, 0.5) is 0 Å². The van der Waals surface area contributed by atoms with Gasteiger partial charge in [-0.15, -0.1) is 0 Å². The first-order chi connectivity index (χ1) is 14.1. The standard InChI is InChI=1S/C25H36N2O2/c1-29-10-9-27-8-7-19(17-27)16-26-23(28)25-14-20-11-21(15-25)13-24(12-20,18-25)22-5-3-2-4-6-22/h2-6,19-21H,7-18H2,1H3,(H,26,28)/t19-,20-,21+,24?,25?/m1/s1. The van der Waals surface area contributed by atoms with Gasteiger partial charge in [0.05, 0.1) is 12.0 Å². The summed E-state index contributed by atoms with van der Waals surface area (Å²) in [6.45, 7) is 4.88. The molecule has 4 nitrogen and oxygen atoms in total. The second-order valence-corrected chi connectivity index (χ2v) is 10.5. The molecular weight excluding hydrogens is 360 g/mol. The van der Waals surface area contributed by atoms with Crippen LogP contribution in [0.5, 0.6) is 0 Å². The third-order valence-electron chi connectivity index (χ3n) is 8.46. The van der Waals surface area contributed by atoms with Crippen LogP contribution >= 0.6 is 0 Å². The summed E-state index contributed by atoms with van der Waals surface area (Å²) in [6, 6.07) is 11.1. The van der Waals surface area contributed by atoms with Crippen molar-refractivity contribution in [2.24, 2.45) is 23.2 Å². The topological polar surface area (TPSA) is 41.6 Å². The molecule has 4 bridgehead atoms. The lowest BCUT2D eigenvalue weighted by atomic mass is 9.42. The van der Waals surface area contributed by atoms with E-state index in [1.807, 2.05) is 0 Å². The fraction of sp³-hybridized carbons (Fsp3) is 0.720. The van der Waals surface area contributed by atoms with E-state index in [4.69, 9.17) is 4.74 Å². The van der Waals surface area contributed by atoms with Crippen molar-refractivity contribution in [1.29, 1.82) is 0 Å². The predicted octanol–water partition coefficient (Wildman–Crippen LogP) is 3.61. The van der Waals surface area contributed by atoms with Crippen LogP contribution in [0, 0.1) is 23.2 Å². The molecule has 4 saturated carbocycles. The van der Waals surface area contributed by atoms with Gasteiger partial charge in [-0.3, -0.25) is 4.79 Å². The Morgan fingerprint density at radius 3 is 2.66 bits per heavy atom. The van der Waals surface area contributed by atoms with Gasteiger partial charge in [-0.05, 0) is 80.2 Å². The van der Waals surface area contributed by atoms with Crippen LogP contribution in [0.25, 0.3) is 0 Å². The fourth-order valence-corrected chi connectivity index (χ4v) is 7.59. The Bertz CT molecular complexity index is 720. The van der Waals surface area contributed by atoms with Gasteiger partial charge in [0.15, 0.2) is 0 Å². The molecule has 1 aromatic carbocycles. The molecule has 6 rings (SSSR count). The molecule has 5 fully saturated rings. The van der Waals surface area contributed by atoms with E-state index >= 15 is 0 Å². The molecule has 1 amide bonds. The maximum atomic E-state index is 13.5. The molecule has 0 radical (unpaired) electrons. The van der Waals surface area contributed by atoms with Crippen LogP contribution in [-0.4, -0.2) is 50.7 Å². The summed E-state index contributed by atoms with van der Waals surface area (Å²) in [4.78, 5) is 16.0. The third-order valence-corrected chi connectivity index (χ3v) is 8.46. The first-order valence-corrected chi connectivity index (χ1v) is 11.7. The third kappa shape index (κ3) is 3.63. The minimum absolute atomic E-state index is 0.117. The van der Waals surface area contributed by atoms with Crippen molar-refractivity contribution in [2.75, 3.05) is 39.9 Å². The number of carbonyl (C=O) groups excluding carboxylic acids is 1. The monoisotopic (exact) mass is 396 g/mol. The highest BCUT2D eigenvalue weighted by Gasteiger charge is 2.60. The summed E-state index contributed by atoms with van der Waals surface area (Å²) in [5.41, 5.74) is 1.61. The van der Waals surface area contributed by atoms with Gasteiger partial charge in [0.1, 0.15) is 0 Å². The van der Waals surface area contributed by atoms with Crippen LogP contribution in [0.15, 0.2) is 30.3 Å². The molecule has 158 valence electrons. The largest absolute Gasteiger partial charge is 0.383 e. The molecule has 1 aromatic rings. The minimum atomic E-state index is -0.117. The Hall–Kier alpha value is -1.39. The van der Waals surface area contributed by atoms with Crippen molar-refractivity contribution < 1.29 is 9.53 Å². The highest BCUT2D eigenvalue weighted by atomic mass is 16.5. The number of nitrogens with one attached hydrogen (secondary N) is 1. The highest BCUT2D eigenvalue weighted by molar-refractivity contribution is 5.83. The molecular formula is C25H36N2O2. The highest BCUT2D eigenvalue weighted by Crippen LogP contribution is 2.65. The molecule has 29 heavy (non-hydrogen) atoms. The Kier molecular flexibility index (Phi) is 5.19. The molecule has 4 aliphatic carbocycles. The zero-order chi connectivity index (χ0) is 19.9. The second kappa shape index (κ2) is 7.70. The maximum absolute atomic E-state index is 13.5. The summed E-state index contributed by atoms with van der Waals surface area (Å²) >= 11 is 0. The van der Waals surface area contributed by atoms with Gasteiger partial charge in [-0.2, -0.15) is 0 Å². The van der Waals surface area contributed by atoms with Crippen molar-refractivity contribution in [3.63, 3.8) is 0 Å². The van der Waals surface area contributed by atoms with Crippen molar-refractivity contribution in [3.8, 4) is 0 Å². The Labute approximate surface area is 175 Å². The number of hydrogen-bond donors (Lipinski definition) is 1. The zero-order valence-corrected chi connectivity index (χ0v) is 17.9. The van der Waals surface area contributed by atoms with E-state index in [1.165, 1.54) is 31.2 Å². The molecule has 0 aromatic heterocycles. The number of rotatable bonds is 7. The number of hydrogen-bond acceptors (Lipinski definition) is 3. The van der Waals surface area contributed by atoms with Crippen LogP contribution in [0.2, 0.25) is 0 Å². The van der Waals surface area contributed by atoms with Crippen molar-refractivity contribution in [2.45, 2.75) is 50.4 Å². The van der Waals surface area contributed by atoms with E-state index < -0.39 is 0 Å². The summed E-state index contributed by atoms with van der Waals surface area (Å²) in [5, 5.41) is 3.43. The molecule has 1 aliphatic heterocycles. The lowest BCUT2D eigenvalue weighted by Gasteiger charge is -2.61. The van der Waals surface area contributed by atoms with E-state index in [0.717, 1.165) is 63.9 Å². The lowest BCUT2D eigenvalue weighted by molar-refractivity contribution is -0.149. The number of ether oxygens (including phenoxy) is 1. The van der Waals surface area contributed by atoms with E-state index in [9.17, 15) is 4.79 Å². The van der Waals surface area contributed by atoms with Gasteiger partial charge in [0, 0.05) is 26.7 Å². The average Bonchev–Trinajstić information content (AvgIpc) is 3.18. The number of amides is 1. The predicted molar refractivity (Wildman–Crippen MR) is 115 cm³/mol. The number of carbonyl (C=O) groups is 1. The number of nitrogens with zero attached hydrogens (tertiary/aromatic N) is 1. The minimum Gasteiger partial charge on any atom is -0.383 e. The Morgan fingerprint density at radius 2 is 1.93 bits per heavy atom. The van der Waals surface area contributed by atoms with Crippen LogP contribution in [0.1, 0.15) is 50.5 Å². The normalized spacial score (nSPS) is 38.4. The number of benzene rings is 1. The smallest absolute Gasteiger partial charge is 0.226 e. The fourth-order valence-electron chi connectivity index (χ4n) is 7.59. The van der Waals surface area contributed by atoms with Gasteiger partial charge in [0.2, 0.25) is 5.91 Å². The summed E-state index contributed by atoms with van der Waals surface area (Å²) in [5.74, 6) is 2.42. The summed E-state index contributed by atoms with van der Waals surface area (Å²) in [7, 11) is 1.77. The van der Waals surface area contributed by atoms with Crippen molar-refractivity contribution in [1.82, 2.24) is 10.2 Å². The molecule has 5 aliphatic rings. The second-order valence-electron chi connectivity index (χ2n) is 10.5. The quantitative estimate of drug-likeness (QED) is 0.766. The summed E-state index contributed by atoms with van der Waals surface area (Å²) in [6.07, 6.45) is 8.42. The van der Waals surface area contributed by atoms with Crippen molar-refractivity contribution in [3.05, 3.63) is 35.9 Å². The van der Waals surface area contributed by atoms with E-state index in [-0.39, 0.29) is 10.8 Å². The van der Waals surface area contributed by atoms with Crippen LogP contribution < -0.4 is 5.32 Å². The van der Waals surface area contributed by atoms with Gasteiger partial charge in [-0.1, -0.05) is 30.3 Å².